The number of sulfonamides is 1. The van der Waals surface area contributed by atoms with Crippen molar-refractivity contribution in [3.63, 3.8) is 0 Å². The summed E-state index contributed by atoms with van der Waals surface area (Å²) in [5.74, 6) is 0.733. The maximum absolute atomic E-state index is 13.0. The van der Waals surface area contributed by atoms with Crippen molar-refractivity contribution in [1.29, 1.82) is 0 Å². The zero-order valence-electron chi connectivity index (χ0n) is 19.2. The first-order chi connectivity index (χ1) is 15.8. The Labute approximate surface area is 200 Å². The van der Waals surface area contributed by atoms with Gasteiger partial charge < -0.3 is 19.3 Å². The lowest BCUT2D eigenvalue weighted by Gasteiger charge is -2.36. The van der Waals surface area contributed by atoms with Crippen molar-refractivity contribution in [2.45, 2.75) is 18.7 Å². The molecule has 8 nitrogen and oxygen atoms in total. The Morgan fingerprint density at radius 2 is 1.67 bits per heavy atom. The van der Waals surface area contributed by atoms with E-state index in [1.807, 2.05) is 24.3 Å². The quantitative estimate of drug-likeness (QED) is 0.532. The molecule has 3 rings (SSSR count). The molecule has 1 fully saturated rings. The van der Waals surface area contributed by atoms with Crippen LogP contribution >= 0.6 is 11.6 Å². The summed E-state index contributed by atoms with van der Waals surface area (Å²) in [5.41, 5.74) is 1.08. The summed E-state index contributed by atoms with van der Waals surface area (Å²) in [6.45, 7) is 6.43. The number of rotatable bonds is 9. The number of carbonyl (C=O) groups is 1. The monoisotopic (exact) mass is 495 g/mol. The Bertz CT molecular complexity index is 1050. The number of halogens is 1. The normalized spacial score (nSPS) is 14.5. The minimum Gasteiger partial charge on any atom is -0.497 e. The molecule has 0 radical (unpaired) electrons. The van der Waals surface area contributed by atoms with Crippen LogP contribution in [0.4, 0.5) is 5.69 Å². The van der Waals surface area contributed by atoms with Crippen LogP contribution < -0.4 is 14.4 Å². The maximum Gasteiger partial charge on any atom is 0.260 e. The third-order valence-corrected chi connectivity index (χ3v) is 7.96. The number of amides is 1. The van der Waals surface area contributed by atoms with Crippen LogP contribution in [0.1, 0.15) is 13.8 Å². The Hall–Kier alpha value is -2.49. The van der Waals surface area contributed by atoms with E-state index in [0.717, 1.165) is 11.4 Å². The zero-order valence-corrected chi connectivity index (χ0v) is 20.7. The van der Waals surface area contributed by atoms with Crippen LogP contribution in [0.25, 0.3) is 0 Å². The van der Waals surface area contributed by atoms with Crippen LogP contribution in [-0.4, -0.2) is 76.5 Å². The van der Waals surface area contributed by atoms with Gasteiger partial charge in [0.2, 0.25) is 10.0 Å². The highest BCUT2D eigenvalue weighted by molar-refractivity contribution is 7.89. The molecule has 1 saturated heterocycles. The van der Waals surface area contributed by atoms with Gasteiger partial charge in [0.05, 0.1) is 7.11 Å². The van der Waals surface area contributed by atoms with Gasteiger partial charge in [0, 0.05) is 50.0 Å². The van der Waals surface area contributed by atoms with Gasteiger partial charge in [0.15, 0.2) is 6.61 Å². The van der Waals surface area contributed by atoms with Crippen molar-refractivity contribution in [2.75, 3.05) is 57.9 Å². The zero-order chi connectivity index (χ0) is 24.0. The van der Waals surface area contributed by atoms with Gasteiger partial charge in [0.25, 0.3) is 5.91 Å². The van der Waals surface area contributed by atoms with E-state index in [2.05, 4.69) is 4.90 Å². The highest BCUT2D eigenvalue weighted by Gasteiger charge is 2.27. The molecule has 0 spiro atoms. The Morgan fingerprint density at radius 1 is 1.03 bits per heavy atom. The second kappa shape index (κ2) is 11.1. The highest BCUT2D eigenvalue weighted by Crippen LogP contribution is 2.30. The molecule has 1 aliphatic rings. The molecule has 0 bridgehead atoms. The van der Waals surface area contributed by atoms with Crippen LogP contribution in [0.15, 0.2) is 47.4 Å². The van der Waals surface area contributed by atoms with Crippen LogP contribution in [0.5, 0.6) is 11.5 Å². The van der Waals surface area contributed by atoms with Gasteiger partial charge in [-0.05, 0) is 42.5 Å². The van der Waals surface area contributed by atoms with Crippen molar-refractivity contribution in [2.24, 2.45) is 0 Å². The summed E-state index contributed by atoms with van der Waals surface area (Å²) in [5, 5.41) is 0.286. The second-order valence-electron chi connectivity index (χ2n) is 7.53. The summed E-state index contributed by atoms with van der Waals surface area (Å²) in [6, 6.07) is 12.2. The van der Waals surface area contributed by atoms with Crippen LogP contribution in [-0.2, 0) is 14.8 Å². The summed E-state index contributed by atoms with van der Waals surface area (Å²) in [6.07, 6.45) is 0. The number of benzene rings is 2. The number of ether oxygens (including phenoxy) is 2. The van der Waals surface area contributed by atoms with Gasteiger partial charge >= 0.3 is 0 Å². The van der Waals surface area contributed by atoms with E-state index in [0.29, 0.717) is 39.3 Å². The molecule has 1 heterocycles. The Kier molecular flexibility index (Phi) is 8.45. The molecule has 0 saturated carbocycles. The summed E-state index contributed by atoms with van der Waals surface area (Å²) in [7, 11) is -2.15. The Morgan fingerprint density at radius 3 is 2.24 bits per heavy atom. The lowest BCUT2D eigenvalue weighted by atomic mass is 10.2. The largest absolute Gasteiger partial charge is 0.497 e. The Balaban J connectivity index is 1.62. The molecule has 2 aromatic rings. The van der Waals surface area contributed by atoms with Crippen molar-refractivity contribution in [3.8, 4) is 11.5 Å². The van der Waals surface area contributed by atoms with E-state index in [4.69, 9.17) is 21.1 Å². The van der Waals surface area contributed by atoms with Gasteiger partial charge in [-0.3, -0.25) is 4.79 Å². The molecule has 10 heteroatoms. The van der Waals surface area contributed by atoms with Crippen molar-refractivity contribution >= 4 is 33.2 Å². The first-order valence-electron chi connectivity index (χ1n) is 10.9. The second-order valence-corrected chi connectivity index (χ2v) is 9.88. The molecule has 0 aliphatic carbocycles. The number of methoxy groups -OCH3 is 1. The molecule has 0 aromatic heterocycles. The van der Waals surface area contributed by atoms with Crippen molar-refractivity contribution in [1.82, 2.24) is 9.21 Å². The first kappa shape index (κ1) is 25.1. The minimum atomic E-state index is -3.79. The number of hydrogen-bond donors (Lipinski definition) is 0. The topological polar surface area (TPSA) is 79.4 Å². The number of carbonyl (C=O) groups excluding carboxylic acids is 1. The predicted octanol–water partition coefficient (Wildman–Crippen LogP) is 3.11. The van der Waals surface area contributed by atoms with Gasteiger partial charge in [-0.15, -0.1) is 0 Å². The van der Waals surface area contributed by atoms with Gasteiger partial charge in [-0.2, -0.15) is 4.31 Å². The van der Waals surface area contributed by atoms with E-state index in [1.165, 1.54) is 16.4 Å². The lowest BCUT2D eigenvalue weighted by Crippen LogP contribution is -2.50. The molecule has 0 atom stereocenters. The molecular weight excluding hydrogens is 466 g/mol. The first-order valence-corrected chi connectivity index (χ1v) is 12.7. The van der Waals surface area contributed by atoms with Crippen LogP contribution in [0.2, 0.25) is 5.02 Å². The summed E-state index contributed by atoms with van der Waals surface area (Å²) < 4.78 is 38.2. The van der Waals surface area contributed by atoms with E-state index >= 15 is 0 Å². The number of piperazine rings is 1. The standard InChI is InChI=1S/C23H30ClN3O5S/c1-4-27(5-2)33(29,30)22-16-18(24)6-11-21(22)32-17-23(28)26-14-12-25(13-15-26)19-7-9-20(31-3)10-8-19/h6-11,16H,4-5,12-15,17H2,1-3H3. The average Bonchev–Trinajstić information content (AvgIpc) is 2.83. The maximum atomic E-state index is 13.0. The summed E-state index contributed by atoms with van der Waals surface area (Å²) >= 11 is 6.05. The molecule has 1 amide bonds. The molecule has 180 valence electrons. The van der Waals surface area contributed by atoms with Crippen LogP contribution in [0.3, 0.4) is 0 Å². The van der Waals surface area contributed by atoms with Gasteiger partial charge in [0.1, 0.15) is 16.4 Å². The SMILES string of the molecule is CCN(CC)S(=O)(=O)c1cc(Cl)ccc1OCC(=O)N1CCN(c2ccc(OC)cc2)CC1. The third-order valence-electron chi connectivity index (χ3n) is 5.65. The van der Waals surface area contributed by atoms with Crippen LogP contribution in [0, 0.1) is 0 Å². The van der Waals surface area contributed by atoms with Crippen molar-refractivity contribution < 1.29 is 22.7 Å². The van der Waals surface area contributed by atoms with E-state index in [-0.39, 0.29) is 28.2 Å². The fourth-order valence-corrected chi connectivity index (χ4v) is 5.60. The number of nitrogens with zero attached hydrogens (tertiary/aromatic N) is 3. The fourth-order valence-electron chi connectivity index (χ4n) is 3.74. The van der Waals surface area contributed by atoms with Crippen molar-refractivity contribution in [3.05, 3.63) is 47.5 Å². The average molecular weight is 496 g/mol. The molecule has 1 aliphatic heterocycles. The van der Waals surface area contributed by atoms with E-state index in [9.17, 15) is 13.2 Å². The number of anilines is 1. The molecular formula is C23H30ClN3O5S. The molecule has 0 unspecified atom stereocenters. The number of hydrogen-bond acceptors (Lipinski definition) is 6. The van der Waals surface area contributed by atoms with E-state index < -0.39 is 10.0 Å². The predicted molar refractivity (Wildman–Crippen MR) is 129 cm³/mol. The third kappa shape index (κ3) is 5.90. The van der Waals surface area contributed by atoms with Gasteiger partial charge in [-0.25, -0.2) is 8.42 Å². The lowest BCUT2D eigenvalue weighted by molar-refractivity contribution is -0.133. The smallest absolute Gasteiger partial charge is 0.260 e. The molecule has 33 heavy (non-hydrogen) atoms. The molecule has 2 aromatic carbocycles. The minimum absolute atomic E-state index is 0.0316. The highest BCUT2D eigenvalue weighted by atomic mass is 35.5. The van der Waals surface area contributed by atoms with E-state index in [1.54, 1.807) is 31.9 Å². The fraction of sp³-hybridized carbons (Fsp3) is 0.435. The summed E-state index contributed by atoms with van der Waals surface area (Å²) in [4.78, 5) is 16.7. The van der Waals surface area contributed by atoms with Gasteiger partial charge in [-0.1, -0.05) is 25.4 Å². The molecule has 0 N–H and O–H groups in total.